The van der Waals surface area contributed by atoms with Gasteiger partial charge in [-0.3, -0.25) is 0 Å². The summed E-state index contributed by atoms with van der Waals surface area (Å²) in [6, 6.07) is 7.82. The highest BCUT2D eigenvalue weighted by atomic mass is 35.5. The predicted octanol–water partition coefficient (Wildman–Crippen LogP) is 4.29. The minimum absolute atomic E-state index is 0.0909. The van der Waals surface area contributed by atoms with Gasteiger partial charge in [-0.1, -0.05) is 18.5 Å². The number of hydrogen-bond donors (Lipinski definition) is 1. The van der Waals surface area contributed by atoms with Crippen LogP contribution in [0, 0.1) is 0 Å². The van der Waals surface area contributed by atoms with Gasteiger partial charge in [-0.2, -0.15) is 0 Å². The molecule has 0 aliphatic carbocycles. The molecule has 1 N–H and O–H groups in total. The molecular formula is C17H28ClNO2. The van der Waals surface area contributed by atoms with Gasteiger partial charge >= 0.3 is 0 Å². The van der Waals surface area contributed by atoms with Crippen molar-refractivity contribution in [3.05, 3.63) is 29.3 Å². The molecule has 0 fully saturated rings. The number of benzene rings is 1. The topological polar surface area (TPSA) is 30.5 Å². The summed E-state index contributed by atoms with van der Waals surface area (Å²) in [5.41, 5.74) is -0.0909. The second-order valence-corrected chi connectivity index (χ2v) is 6.35. The van der Waals surface area contributed by atoms with Crippen molar-refractivity contribution < 1.29 is 9.47 Å². The summed E-state index contributed by atoms with van der Waals surface area (Å²) < 4.78 is 11.3. The van der Waals surface area contributed by atoms with Gasteiger partial charge in [0.05, 0.1) is 5.60 Å². The molecule has 0 aliphatic rings. The molecule has 0 bridgehead atoms. The minimum Gasteiger partial charge on any atom is -0.492 e. The summed E-state index contributed by atoms with van der Waals surface area (Å²) in [5, 5.41) is 4.27. The first-order chi connectivity index (χ1) is 9.96. The summed E-state index contributed by atoms with van der Waals surface area (Å²) in [5.74, 6) is 0.855. The van der Waals surface area contributed by atoms with E-state index in [0.29, 0.717) is 12.6 Å². The molecule has 0 spiro atoms. The van der Waals surface area contributed by atoms with E-state index in [2.05, 4.69) is 26.1 Å². The molecular weight excluding hydrogens is 286 g/mol. The maximum absolute atomic E-state index is 5.88. The molecule has 0 radical (unpaired) electrons. The van der Waals surface area contributed by atoms with E-state index >= 15 is 0 Å². The largest absolute Gasteiger partial charge is 0.492 e. The number of ether oxygens (including phenoxy) is 2. The van der Waals surface area contributed by atoms with Crippen LogP contribution < -0.4 is 10.1 Å². The van der Waals surface area contributed by atoms with Gasteiger partial charge in [-0.05, 0) is 63.9 Å². The molecule has 1 aromatic carbocycles. The van der Waals surface area contributed by atoms with E-state index in [-0.39, 0.29) is 5.60 Å². The highest BCUT2D eigenvalue weighted by molar-refractivity contribution is 6.30. The normalized spacial score (nSPS) is 13.2. The van der Waals surface area contributed by atoms with Crippen molar-refractivity contribution in [2.45, 2.75) is 51.7 Å². The predicted molar refractivity (Wildman–Crippen MR) is 89.4 cm³/mol. The Morgan fingerprint density at radius 2 is 1.90 bits per heavy atom. The SMILES string of the molecule is CCCNC(CCC(C)(C)OC)COc1ccc(Cl)cc1. The van der Waals surface area contributed by atoms with E-state index in [9.17, 15) is 0 Å². The molecule has 21 heavy (non-hydrogen) atoms. The van der Waals surface area contributed by atoms with Gasteiger partial charge in [-0.25, -0.2) is 0 Å². The van der Waals surface area contributed by atoms with Gasteiger partial charge in [0, 0.05) is 18.2 Å². The molecule has 4 heteroatoms. The van der Waals surface area contributed by atoms with Crippen LogP contribution in [0.5, 0.6) is 5.75 Å². The Balaban J connectivity index is 2.47. The average Bonchev–Trinajstić information content (AvgIpc) is 2.48. The van der Waals surface area contributed by atoms with Crippen molar-refractivity contribution in [2.24, 2.45) is 0 Å². The standard InChI is InChI=1S/C17H28ClNO2/c1-5-12-19-15(10-11-17(2,3)20-4)13-21-16-8-6-14(18)7-9-16/h6-9,15,19H,5,10-13H2,1-4H3. The third-order valence-electron chi connectivity index (χ3n) is 3.60. The van der Waals surface area contributed by atoms with Crippen LogP contribution in [0.25, 0.3) is 0 Å². The molecule has 0 amide bonds. The lowest BCUT2D eigenvalue weighted by atomic mass is 9.99. The zero-order valence-electron chi connectivity index (χ0n) is 13.6. The summed E-state index contributed by atoms with van der Waals surface area (Å²) >= 11 is 5.88. The molecule has 0 heterocycles. The molecule has 0 saturated carbocycles. The lowest BCUT2D eigenvalue weighted by Crippen LogP contribution is -2.37. The van der Waals surface area contributed by atoms with Crippen LogP contribution in [0.15, 0.2) is 24.3 Å². The fourth-order valence-corrected chi connectivity index (χ4v) is 2.07. The summed E-state index contributed by atoms with van der Waals surface area (Å²) in [7, 11) is 1.76. The molecule has 0 aromatic heterocycles. The first kappa shape index (κ1) is 18.3. The Morgan fingerprint density at radius 1 is 1.24 bits per heavy atom. The van der Waals surface area contributed by atoms with E-state index in [1.165, 1.54) is 0 Å². The number of halogens is 1. The quantitative estimate of drug-likeness (QED) is 0.699. The molecule has 1 unspecified atom stereocenters. The Morgan fingerprint density at radius 3 is 2.48 bits per heavy atom. The van der Waals surface area contributed by atoms with E-state index in [1.54, 1.807) is 7.11 Å². The van der Waals surface area contributed by atoms with Crippen molar-refractivity contribution in [1.82, 2.24) is 5.32 Å². The van der Waals surface area contributed by atoms with Crippen LogP contribution in [0.1, 0.15) is 40.0 Å². The van der Waals surface area contributed by atoms with Crippen molar-refractivity contribution in [3.8, 4) is 5.75 Å². The maximum Gasteiger partial charge on any atom is 0.119 e. The molecule has 1 rings (SSSR count). The monoisotopic (exact) mass is 313 g/mol. The number of nitrogens with one attached hydrogen (secondary N) is 1. The third kappa shape index (κ3) is 7.70. The van der Waals surface area contributed by atoms with Crippen LogP contribution in [-0.4, -0.2) is 31.9 Å². The smallest absolute Gasteiger partial charge is 0.119 e. The molecule has 120 valence electrons. The van der Waals surface area contributed by atoms with Crippen molar-refractivity contribution in [1.29, 1.82) is 0 Å². The van der Waals surface area contributed by atoms with Gasteiger partial charge in [0.25, 0.3) is 0 Å². The van der Waals surface area contributed by atoms with E-state index in [0.717, 1.165) is 36.6 Å². The second-order valence-electron chi connectivity index (χ2n) is 5.92. The van der Waals surface area contributed by atoms with Crippen LogP contribution in [-0.2, 0) is 4.74 Å². The molecule has 1 aromatic rings. The highest BCUT2D eigenvalue weighted by Crippen LogP contribution is 2.19. The summed E-state index contributed by atoms with van der Waals surface area (Å²) in [4.78, 5) is 0. The van der Waals surface area contributed by atoms with Crippen molar-refractivity contribution in [3.63, 3.8) is 0 Å². The Bertz CT molecular complexity index is 392. The zero-order chi connectivity index (χ0) is 15.7. The van der Waals surface area contributed by atoms with E-state index in [4.69, 9.17) is 21.1 Å². The number of methoxy groups -OCH3 is 1. The maximum atomic E-state index is 5.88. The lowest BCUT2D eigenvalue weighted by Gasteiger charge is -2.26. The van der Waals surface area contributed by atoms with Crippen LogP contribution >= 0.6 is 11.6 Å². The molecule has 1 atom stereocenters. The first-order valence-electron chi connectivity index (χ1n) is 7.63. The van der Waals surface area contributed by atoms with Gasteiger partial charge < -0.3 is 14.8 Å². The highest BCUT2D eigenvalue weighted by Gasteiger charge is 2.19. The Labute approximate surface area is 134 Å². The lowest BCUT2D eigenvalue weighted by molar-refractivity contribution is 0.0106. The third-order valence-corrected chi connectivity index (χ3v) is 3.85. The minimum atomic E-state index is -0.0909. The Kier molecular flexibility index (Phi) is 8.09. The summed E-state index contributed by atoms with van der Waals surface area (Å²) in [6.07, 6.45) is 3.13. The van der Waals surface area contributed by atoms with Gasteiger partial charge in [-0.15, -0.1) is 0 Å². The number of hydrogen-bond acceptors (Lipinski definition) is 3. The van der Waals surface area contributed by atoms with Crippen molar-refractivity contribution in [2.75, 3.05) is 20.3 Å². The van der Waals surface area contributed by atoms with Gasteiger partial charge in [0.2, 0.25) is 0 Å². The van der Waals surface area contributed by atoms with E-state index in [1.807, 2.05) is 24.3 Å². The zero-order valence-corrected chi connectivity index (χ0v) is 14.4. The fourth-order valence-electron chi connectivity index (χ4n) is 1.94. The first-order valence-corrected chi connectivity index (χ1v) is 8.01. The average molecular weight is 314 g/mol. The molecule has 0 aliphatic heterocycles. The van der Waals surface area contributed by atoms with Gasteiger partial charge in [0.15, 0.2) is 0 Å². The van der Waals surface area contributed by atoms with Gasteiger partial charge in [0.1, 0.15) is 12.4 Å². The fraction of sp³-hybridized carbons (Fsp3) is 0.647. The van der Waals surface area contributed by atoms with Crippen LogP contribution in [0.2, 0.25) is 5.02 Å². The van der Waals surface area contributed by atoms with Crippen LogP contribution in [0.3, 0.4) is 0 Å². The second kappa shape index (κ2) is 9.29. The molecule has 0 saturated heterocycles. The Hall–Kier alpha value is -0.770. The molecule has 3 nitrogen and oxygen atoms in total. The van der Waals surface area contributed by atoms with E-state index < -0.39 is 0 Å². The number of rotatable bonds is 10. The summed E-state index contributed by atoms with van der Waals surface area (Å²) in [6.45, 7) is 8.06. The van der Waals surface area contributed by atoms with Crippen molar-refractivity contribution >= 4 is 11.6 Å². The van der Waals surface area contributed by atoms with Crippen LogP contribution in [0.4, 0.5) is 0 Å².